The average Bonchev–Trinajstić information content (AvgIpc) is 3.08. The number of carbonyl (C=O) groups is 2. The van der Waals surface area contributed by atoms with E-state index in [0.29, 0.717) is 24.1 Å². The van der Waals surface area contributed by atoms with Crippen molar-refractivity contribution >= 4 is 17.9 Å². The Morgan fingerprint density at radius 2 is 1.41 bits per heavy atom. The van der Waals surface area contributed by atoms with Crippen LogP contribution in [0.5, 0.6) is 11.6 Å². The highest BCUT2D eigenvalue weighted by Gasteiger charge is 2.15. The molecule has 1 heterocycles. The monoisotopic (exact) mass is 442 g/mol. The Bertz CT molecular complexity index is 827. The smallest absolute Gasteiger partial charge is 0.224 e. The van der Waals surface area contributed by atoms with Crippen molar-refractivity contribution in [3.8, 4) is 17.3 Å². The lowest BCUT2D eigenvalue weighted by Crippen LogP contribution is -2.11. The van der Waals surface area contributed by atoms with Crippen LogP contribution in [0.3, 0.4) is 0 Å². The van der Waals surface area contributed by atoms with Crippen LogP contribution in [-0.4, -0.2) is 27.0 Å². The third-order valence-corrected chi connectivity index (χ3v) is 5.80. The van der Waals surface area contributed by atoms with E-state index >= 15 is 0 Å². The SMILES string of the molecule is CCCCCCCCCCCCCCC(=O)Nc1ccc(-n2cc(O)c(C=O)c2O)cc1. The van der Waals surface area contributed by atoms with E-state index in [2.05, 4.69) is 12.2 Å². The number of aromatic nitrogens is 1. The highest BCUT2D eigenvalue weighted by atomic mass is 16.3. The van der Waals surface area contributed by atoms with Crippen LogP contribution < -0.4 is 5.32 Å². The summed E-state index contributed by atoms with van der Waals surface area (Å²) < 4.78 is 1.32. The van der Waals surface area contributed by atoms with E-state index < -0.39 is 0 Å². The number of anilines is 1. The molecule has 0 saturated heterocycles. The van der Waals surface area contributed by atoms with Gasteiger partial charge in [-0.1, -0.05) is 77.6 Å². The van der Waals surface area contributed by atoms with E-state index in [4.69, 9.17) is 0 Å². The molecule has 0 atom stereocenters. The molecule has 2 rings (SSSR count). The van der Waals surface area contributed by atoms with Crippen LogP contribution in [-0.2, 0) is 4.79 Å². The van der Waals surface area contributed by atoms with Crippen molar-refractivity contribution in [2.75, 3.05) is 5.32 Å². The van der Waals surface area contributed by atoms with E-state index in [0.717, 1.165) is 12.8 Å². The van der Waals surface area contributed by atoms with Crippen molar-refractivity contribution in [1.29, 1.82) is 0 Å². The first-order valence-electron chi connectivity index (χ1n) is 12.1. The lowest BCUT2D eigenvalue weighted by atomic mass is 10.0. The van der Waals surface area contributed by atoms with E-state index in [1.54, 1.807) is 24.3 Å². The van der Waals surface area contributed by atoms with Gasteiger partial charge in [0.2, 0.25) is 11.8 Å². The maximum Gasteiger partial charge on any atom is 0.224 e. The fourth-order valence-electron chi connectivity index (χ4n) is 3.86. The number of nitrogens with zero attached hydrogens (tertiary/aromatic N) is 1. The van der Waals surface area contributed by atoms with Gasteiger partial charge in [-0.15, -0.1) is 0 Å². The summed E-state index contributed by atoms with van der Waals surface area (Å²) in [4.78, 5) is 23.1. The summed E-state index contributed by atoms with van der Waals surface area (Å²) in [7, 11) is 0. The molecular formula is C26H38N2O4. The first kappa shape index (κ1) is 25.5. The number of hydrogen-bond acceptors (Lipinski definition) is 4. The number of carbonyl (C=O) groups excluding carboxylic acids is 2. The summed E-state index contributed by atoms with van der Waals surface area (Å²) in [5.74, 6) is -0.604. The lowest BCUT2D eigenvalue weighted by Gasteiger charge is -2.08. The van der Waals surface area contributed by atoms with Gasteiger partial charge in [-0.05, 0) is 30.7 Å². The van der Waals surface area contributed by atoms with Crippen LogP contribution in [0, 0.1) is 0 Å². The summed E-state index contributed by atoms with van der Waals surface area (Å²) in [6.45, 7) is 2.25. The van der Waals surface area contributed by atoms with Crippen molar-refractivity contribution in [2.24, 2.45) is 0 Å². The number of aromatic hydroxyl groups is 2. The molecule has 1 amide bonds. The summed E-state index contributed by atoms with van der Waals surface area (Å²) >= 11 is 0. The highest BCUT2D eigenvalue weighted by Crippen LogP contribution is 2.31. The lowest BCUT2D eigenvalue weighted by molar-refractivity contribution is -0.116. The fraction of sp³-hybridized carbons (Fsp3) is 0.538. The van der Waals surface area contributed by atoms with Crippen LogP contribution in [0.15, 0.2) is 30.5 Å². The molecule has 2 aromatic rings. The number of rotatable bonds is 16. The molecule has 0 aliphatic rings. The normalized spacial score (nSPS) is 10.9. The van der Waals surface area contributed by atoms with Crippen LogP contribution in [0.25, 0.3) is 5.69 Å². The molecule has 0 spiro atoms. The molecule has 1 aromatic heterocycles. The zero-order chi connectivity index (χ0) is 23.2. The largest absolute Gasteiger partial charge is 0.505 e. The Balaban J connectivity index is 1.59. The quantitative estimate of drug-likeness (QED) is 0.198. The first-order valence-corrected chi connectivity index (χ1v) is 12.1. The molecule has 6 heteroatoms. The Morgan fingerprint density at radius 3 is 1.91 bits per heavy atom. The Labute approximate surface area is 191 Å². The van der Waals surface area contributed by atoms with Gasteiger partial charge in [0.1, 0.15) is 11.3 Å². The van der Waals surface area contributed by atoms with Crippen LogP contribution in [0.2, 0.25) is 0 Å². The van der Waals surface area contributed by atoms with Gasteiger partial charge in [-0.25, -0.2) is 0 Å². The van der Waals surface area contributed by atoms with E-state index in [1.165, 1.54) is 75.0 Å². The van der Waals surface area contributed by atoms with Gasteiger partial charge in [-0.2, -0.15) is 0 Å². The van der Waals surface area contributed by atoms with Gasteiger partial charge in [0.15, 0.2) is 6.29 Å². The zero-order valence-electron chi connectivity index (χ0n) is 19.3. The second-order valence-electron chi connectivity index (χ2n) is 8.47. The molecule has 0 aliphatic heterocycles. The third kappa shape index (κ3) is 8.40. The predicted molar refractivity (Wildman–Crippen MR) is 129 cm³/mol. The van der Waals surface area contributed by atoms with Crippen LogP contribution in [0.1, 0.15) is 101 Å². The van der Waals surface area contributed by atoms with Gasteiger partial charge in [0.25, 0.3) is 0 Å². The minimum atomic E-state index is -0.318. The van der Waals surface area contributed by atoms with Gasteiger partial charge in [-0.3, -0.25) is 14.2 Å². The van der Waals surface area contributed by atoms with E-state index in [-0.39, 0.29) is 23.1 Å². The average molecular weight is 443 g/mol. The van der Waals surface area contributed by atoms with Gasteiger partial charge < -0.3 is 15.5 Å². The second kappa shape index (κ2) is 14.3. The predicted octanol–water partition coefficient (Wildman–Crippen LogP) is 6.73. The summed E-state index contributed by atoms with van der Waals surface area (Å²) in [6, 6.07) is 6.86. The molecule has 1 aromatic carbocycles. The molecule has 6 nitrogen and oxygen atoms in total. The number of benzene rings is 1. The van der Waals surface area contributed by atoms with Gasteiger partial charge in [0.05, 0.1) is 6.20 Å². The minimum Gasteiger partial charge on any atom is -0.505 e. The summed E-state index contributed by atoms with van der Waals surface area (Å²) in [5, 5.41) is 22.6. The number of hydrogen-bond donors (Lipinski definition) is 3. The molecule has 0 fully saturated rings. The second-order valence-corrected chi connectivity index (χ2v) is 8.47. The third-order valence-electron chi connectivity index (χ3n) is 5.80. The topological polar surface area (TPSA) is 91.6 Å². The molecule has 176 valence electrons. The fourth-order valence-corrected chi connectivity index (χ4v) is 3.86. The maximum atomic E-state index is 12.2. The van der Waals surface area contributed by atoms with E-state index in [9.17, 15) is 19.8 Å². The molecule has 0 bridgehead atoms. The van der Waals surface area contributed by atoms with Crippen LogP contribution in [0.4, 0.5) is 5.69 Å². The van der Waals surface area contributed by atoms with Crippen molar-refractivity contribution in [2.45, 2.75) is 90.4 Å². The van der Waals surface area contributed by atoms with Crippen LogP contribution >= 0.6 is 0 Å². The highest BCUT2D eigenvalue weighted by molar-refractivity contribution is 5.90. The molecule has 3 N–H and O–H groups in total. The number of amides is 1. The Kier molecular flexibility index (Phi) is 11.4. The maximum absolute atomic E-state index is 12.2. The van der Waals surface area contributed by atoms with E-state index in [1.807, 2.05) is 0 Å². The molecule has 0 radical (unpaired) electrons. The molecular weight excluding hydrogens is 404 g/mol. The van der Waals surface area contributed by atoms with Crippen molar-refractivity contribution in [3.63, 3.8) is 0 Å². The number of aldehydes is 1. The molecule has 32 heavy (non-hydrogen) atoms. The zero-order valence-corrected chi connectivity index (χ0v) is 19.3. The molecule has 0 saturated carbocycles. The number of nitrogens with one attached hydrogen (secondary N) is 1. The molecule has 0 aliphatic carbocycles. The minimum absolute atomic E-state index is 0.00507. The standard InChI is InChI=1S/C26H38N2O4/c1-2-3-4-5-6-7-8-9-10-11-12-13-14-25(31)27-21-15-17-22(18-16-21)28-19-24(30)23(20-29)26(28)32/h15-20,30,32H,2-14H2,1H3,(H,27,31). The van der Waals surface area contributed by atoms with Gasteiger partial charge in [0, 0.05) is 17.8 Å². The molecule has 0 unspecified atom stereocenters. The Morgan fingerprint density at radius 1 is 0.875 bits per heavy atom. The van der Waals surface area contributed by atoms with Gasteiger partial charge >= 0.3 is 0 Å². The van der Waals surface area contributed by atoms with Crippen molar-refractivity contribution < 1.29 is 19.8 Å². The summed E-state index contributed by atoms with van der Waals surface area (Å²) in [5.41, 5.74) is 1.10. The number of unbranched alkanes of at least 4 members (excludes halogenated alkanes) is 11. The first-order chi connectivity index (χ1) is 15.6. The van der Waals surface area contributed by atoms with Crippen molar-refractivity contribution in [3.05, 3.63) is 36.0 Å². The Hall–Kier alpha value is -2.76. The van der Waals surface area contributed by atoms with Crippen molar-refractivity contribution in [1.82, 2.24) is 4.57 Å². The summed E-state index contributed by atoms with van der Waals surface area (Å²) in [6.07, 6.45) is 17.4.